The molecule has 0 fully saturated rings. The first kappa shape index (κ1) is 12.2. The van der Waals surface area contributed by atoms with E-state index in [9.17, 15) is 4.79 Å². The minimum atomic E-state index is -0.348. The van der Waals surface area contributed by atoms with Gasteiger partial charge in [-0.05, 0) is 19.1 Å². The van der Waals surface area contributed by atoms with E-state index >= 15 is 0 Å². The number of hydrogen-bond donors (Lipinski definition) is 3. The highest BCUT2D eigenvalue weighted by Gasteiger charge is 2.13. The summed E-state index contributed by atoms with van der Waals surface area (Å²) in [6.45, 7) is 1.76. The Hall–Kier alpha value is -1.91. The monoisotopic (exact) mass is 223 g/mol. The van der Waals surface area contributed by atoms with Gasteiger partial charge in [0.25, 0.3) is 0 Å². The molecule has 4 N–H and O–H groups in total. The van der Waals surface area contributed by atoms with Crippen molar-refractivity contribution < 1.29 is 9.53 Å². The summed E-state index contributed by atoms with van der Waals surface area (Å²) in [6, 6.07) is 5.04. The molecule has 0 aromatic heterocycles. The molecule has 1 unspecified atom stereocenters. The number of carbonyl (C=O) groups is 1. The lowest BCUT2D eigenvalue weighted by Gasteiger charge is -2.16. The molecule has 0 radical (unpaired) electrons. The molecule has 88 valence electrons. The maximum atomic E-state index is 11.3. The summed E-state index contributed by atoms with van der Waals surface area (Å²) in [7, 11) is 3.15. The van der Waals surface area contributed by atoms with E-state index < -0.39 is 0 Å². The first-order valence-corrected chi connectivity index (χ1v) is 5.00. The molecule has 0 aliphatic heterocycles. The summed E-state index contributed by atoms with van der Waals surface area (Å²) in [4.78, 5) is 11.3. The third-order valence-corrected chi connectivity index (χ3v) is 2.30. The van der Waals surface area contributed by atoms with Crippen LogP contribution >= 0.6 is 0 Å². The third kappa shape index (κ3) is 2.56. The first-order valence-electron chi connectivity index (χ1n) is 5.00. The van der Waals surface area contributed by atoms with Crippen LogP contribution in [0.3, 0.4) is 0 Å². The van der Waals surface area contributed by atoms with Crippen molar-refractivity contribution in [3.05, 3.63) is 18.2 Å². The molecule has 0 aliphatic rings. The molecular weight excluding hydrogens is 206 g/mol. The van der Waals surface area contributed by atoms with Gasteiger partial charge in [-0.3, -0.25) is 4.79 Å². The Kier molecular flexibility index (Phi) is 3.99. The largest absolute Gasteiger partial charge is 0.495 e. The molecule has 0 bridgehead atoms. The van der Waals surface area contributed by atoms with Crippen molar-refractivity contribution in [3.63, 3.8) is 0 Å². The van der Waals surface area contributed by atoms with Crippen molar-refractivity contribution >= 4 is 17.3 Å². The Morgan fingerprint density at radius 1 is 1.50 bits per heavy atom. The molecule has 1 atom stereocenters. The van der Waals surface area contributed by atoms with E-state index in [4.69, 9.17) is 10.5 Å². The van der Waals surface area contributed by atoms with Crippen molar-refractivity contribution in [3.8, 4) is 5.75 Å². The number of carbonyl (C=O) groups excluding carboxylic acids is 1. The number of hydrogen-bond acceptors (Lipinski definition) is 4. The number of benzene rings is 1. The van der Waals surface area contributed by atoms with Crippen molar-refractivity contribution in [1.29, 1.82) is 0 Å². The van der Waals surface area contributed by atoms with Crippen molar-refractivity contribution in [2.75, 3.05) is 25.2 Å². The van der Waals surface area contributed by atoms with Crippen LogP contribution in [0.2, 0.25) is 0 Å². The van der Waals surface area contributed by atoms with Gasteiger partial charge in [-0.25, -0.2) is 0 Å². The highest BCUT2D eigenvalue weighted by atomic mass is 16.5. The van der Waals surface area contributed by atoms with Crippen LogP contribution in [-0.2, 0) is 4.79 Å². The van der Waals surface area contributed by atoms with E-state index in [1.807, 2.05) is 6.07 Å². The highest BCUT2D eigenvalue weighted by Crippen LogP contribution is 2.29. The summed E-state index contributed by atoms with van der Waals surface area (Å²) in [6.07, 6.45) is 0. The van der Waals surface area contributed by atoms with E-state index in [0.29, 0.717) is 17.1 Å². The molecule has 0 heterocycles. The molecule has 16 heavy (non-hydrogen) atoms. The summed E-state index contributed by atoms with van der Waals surface area (Å²) in [5.41, 5.74) is 7.06. The fourth-order valence-electron chi connectivity index (χ4n) is 1.36. The predicted molar refractivity (Wildman–Crippen MR) is 64.6 cm³/mol. The SMILES string of the molecule is CNC(=O)C(C)Nc1cccc(OC)c1N. The summed E-state index contributed by atoms with van der Waals surface area (Å²) in [5.74, 6) is 0.497. The van der Waals surface area contributed by atoms with Crippen molar-refractivity contribution in [1.82, 2.24) is 5.32 Å². The zero-order valence-electron chi connectivity index (χ0n) is 9.70. The second kappa shape index (κ2) is 5.25. The average molecular weight is 223 g/mol. The van der Waals surface area contributed by atoms with E-state index in [1.54, 1.807) is 33.2 Å². The summed E-state index contributed by atoms with van der Waals surface area (Å²) >= 11 is 0. The maximum Gasteiger partial charge on any atom is 0.241 e. The molecule has 5 heteroatoms. The highest BCUT2D eigenvalue weighted by molar-refractivity contribution is 5.85. The number of likely N-dealkylation sites (N-methyl/N-ethyl adjacent to an activating group) is 1. The standard InChI is InChI=1S/C11H17N3O2/c1-7(11(15)13-2)14-8-5-4-6-9(16-3)10(8)12/h4-7,14H,12H2,1-3H3,(H,13,15). The molecule has 0 saturated carbocycles. The number of nitrogens with one attached hydrogen (secondary N) is 2. The Morgan fingerprint density at radius 3 is 2.75 bits per heavy atom. The van der Waals surface area contributed by atoms with Gasteiger partial charge in [0.05, 0.1) is 18.5 Å². The van der Waals surface area contributed by atoms with Gasteiger partial charge in [0.15, 0.2) is 0 Å². The second-order valence-corrected chi connectivity index (χ2v) is 3.40. The molecule has 0 aliphatic carbocycles. The van der Waals surface area contributed by atoms with Gasteiger partial charge in [0, 0.05) is 7.05 Å². The normalized spacial score (nSPS) is 11.7. The topological polar surface area (TPSA) is 76.4 Å². The van der Waals surface area contributed by atoms with Gasteiger partial charge in [-0.2, -0.15) is 0 Å². The lowest BCUT2D eigenvalue weighted by molar-refractivity contribution is -0.121. The third-order valence-electron chi connectivity index (χ3n) is 2.30. The Labute approximate surface area is 95.0 Å². The maximum absolute atomic E-state index is 11.3. The van der Waals surface area contributed by atoms with Crippen LogP contribution in [0.1, 0.15) is 6.92 Å². The van der Waals surface area contributed by atoms with E-state index in [-0.39, 0.29) is 11.9 Å². The minimum absolute atomic E-state index is 0.0952. The number of para-hydroxylation sites is 1. The Morgan fingerprint density at radius 2 is 2.19 bits per heavy atom. The van der Waals surface area contributed by atoms with Crippen LogP contribution in [-0.4, -0.2) is 26.1 Å². The van der Waals surface area contributed by atoms with Gasteiger partial charge in [0.1, 0.15) is 11.8 Å². The minimum Gasteiger partial charge on any atom is -0.495 e. The zero-order chi connectivity index (χ0) is 12.1. The average Bonchev–Trinajstić information content (AvgIpc) is 2.30. The molecule has 1 amide bonds. The predicted octanol–water partition coefficient (Wildman–Crippen LogP) is 0.824. The van der Waals surface area contributed by atoms with Crippen LogP contribution in [0.5, 0.6) is 5.75 Å². The number of anilines is 2. The van der Waals surface area contributed by atoms with Gasteiger partial charge < -0.3 is 21.1 Å². The number of nitrogen functional groups attached to an aromatic ring is 1. The molecule has 0 spiro atoms. The zero-order valence-corrected chi connectivity index (χ0v) is 9.70. The van der Waals surface area contributed by atoms with Crippen molar-refractivity contribution in [2.45, 2.75) is 13.0 Å². The van der Waals surface area contributed by atoms with Gasteiger partial charge in [-0.15, -0.1) is 0 Å². The van der Waals surface area contributed by atoms with E-state index in [1.165, 1.54) is 0 Å². The van der Waals surface area contributed by atoms with Crippen LogP contribution < -0.4 is 21.1 Å². The molecule has 1 aromatic carbocycles. The smallest absolute Gasteiger partial charge is 0.241 e. The van der Waals surface area contributed by atoms with Crippen LogP contribution in [0, 0.1) is 0 Å². The van der Waals surface area contributed by atoms with Gasteiger partial charge >= 0.3 is 0 Å². The molecule has 1 rings (SSSR count). The number of methoxy groups -OCH3 is 1. The van der Waals surface area contributed by atoms with Crippen LogP contribution in [0.4, 0.5) is 11.4 Å². The number of nitrogens with two attached hydrogens (primary N) is 1. The van der Waals surface area contributed by atoms with Crippen LogP contribution in [0.25, 0.3) is 0 Å². The molecule has 5 nitrogen and oxygen atoms in total. The molecule has 1 aromatic rings. The lowest BCUT2D eigenvalue weighted by atomic mass is 10.2. The number of rotatable bonds is 4. The summed E-state index contributed by atoms with van der Waals surface area (Å²) < 4.78 is 5.09. The second-order valence-electron chi connectivity index (χ2n) is 3.40. The Bertz CT molecular complexity index is 379. The quantitative estimate of drug-likeness (QED) is 0.661. The fourth-order valence-corrected chi connectivity index (χ4v) is 1.36. The van der Waals surface area contributed by atoms with Crippen LogP contribution in [0.15, 0.2) is 18.2 Å². The van der Waals surface area contributed by atoms with Crippen molar-refractivity contribution in [2.24, 2.45) is 0 Å². The van der Waals surface area contributed by atoms with Gasteiger partial charge in [0.2, 0.25) is 5.91 Å². The first-order chi connectivity index (χ1) is 7.60. The summed E-state index contributed by atoms with van der Waals surface area (Å²) in [5, 5.41) is 5.58. The number of amides is 1. The van der Waals surface area contributed by atoms with Gasteiger partial charge in [-0.1, -0.05) is 6.07 Å². The van der Waals surface area contributed by atoms with E-state index in [2.05, 4.69) is 10.6 Å². The van der Waals surface area contributed by atoms with E-state index in [0.717, 1.165) is 0 Å². The number of ether oxygens (including phenoxy) is 1. The molecular formula is C11H17N3O2. The fraction of sp³-hybridized carbons (Fsp3) is 0.364. The molecule has 0 saturated heterocycles. The lowest BCUT2D eigenvalue weighted by Crippen LogP contribution is -2.35. The Balaban J connectivity index is 2.85.